The minimum Gasteiger partial charge on any atom is -0.336 e. The van der Waals surface area contributed by atoms with Crippen molar-refractivity contribution in [3.05, 3.63) is 71.0 Å². The summed E-state index contributed by atoms with van der Waals surface area (Å²) >= 11 is 12.4. The summed E-state index contributed by atoms with van der Waals surface area (Å²) in [4.78, 5) is 36.9. The molecular weight excluding hydrogens is 575 g/mol. The van der Waals surface area contributed by atoms with Gasteiger partial charge in [-0.25, -0.2) is 18.4 Å². The van der Waals surface area contributed by atoms with Gasteiger partial charge in [0.1, 0.15) is 16.7 Å². The third-order valence-corrected chi connectivity index (χ3v) is 10.9. The van der Waals surface area contributed by atoms with Gasteiger partial charge in [0.25, 0.3) is 0 Å². The Labute approximate surface area is 240 Å². The van der Waals surface area contributed by atoms with Crippen LogP contribution in [0.4, 0.5) is 0 Å². The molecule has 1 aliphatic heterocycles. The van der Waals surface area contributed by atoms with Crippen LogP contribution in [-0.4, -0.2) is 63.0 Å². The highest BCUT2D eigenvalue weighted by Gasteiger charge is 2.58. The van der Waals surface area contributed by atoms with Crippen molar-refractivity contribution in [2.24, 2.45) is 0 Å². The first-order valence-electron chi connectivity index (χ1n) is 12.8. The Hall–Kier alpha value is -3.46. The Morgan fingerprint density at radius 1 is 1.12 bits per heavy atom. The maximum atomic E-state index is 14.0. The van der Waals surface area contributed by atoms with Gasteiger partial charge in [0.2, 0.25) is 11.8 Å². The number of halogens is 2. The van der Waals surface area contributed by atoms with Crippen molar-refractivity contribution >= 4 is 44.9 Å². The molecule has 1 aromatic carbocycles. The number of nitrogens with one attached hydrogen (secondary N) is 1. The molecular formula is C27H24Cl2N6O4S. The Morgan fingerprint density at radius 3 is 2.48 bits per heavy atom. The first-order chi connectivity index (χ1) is 19.1. The zero-order valence-corrected chi connectivity index (χ0v) is 23.5. The molecule has 2 saturated carbocycles. The topological polar surface area (TPSA) is 138 Å². The van der Waals surface area contributed by atoms with Gasteiger partial charge in [0, 0.05) is 30.8 Å². The minimum atomic E-state index is -4.04. The zero-order valence-electron chi connectivity index (χ0n) is 21.1. The number of sulfone groups is 1. The number of hydrogen-bond donors (Lipinski definition) is 1. The standard InChI is InChI=1S/C27H24Cl2N6O4S/c28-20-11-18(34-10-9-31-16-34)2-3-22(20)40(38,39)19-12-21(24(36)33-26(15-30)5-6-26)35(14-19)25(37)27(7-8-27)17-1-4-23(29)32-13-17/h1-4,9-11,13,16,19,21H,5-8,12,14H2,(H,33,36)/t19?,21-/m0/s1. The van der Waals surface area contributed by atoms with Crippen molar-refractivity contribution in [1.82, 2.24) is 24.8 Å². The zero-order chi connectivity index (χ0) is 28.3. The van der Waals surface area contributed by atoms with Crippen molar-refractivity contribution in [3.63, 3.8) is 0 Å². The molecule has 13 heteroatoms. The smallest absolute Gasteiger partial charge is 0.244 e. The summed E-state index contributed by atoms with van der Waals surface area (Å²) in [5, 5.41) is 11.5. The van der Waals surface area contributed by atoms with Gasteiger partial charge in [-0.1, -0.05) is 29.3 Å². The van der Waals surface area contributed by atoms with E-state index >= 15 is 0 Å². The van der Waals surface area contributed by atoms with Crippen LogP contribution in [0.2, 0.25) is 10.2 Å². The molecule has 1 saturated heterocycles. The number of nitriles is 1. The molecule has 3 fully saturated rings. The molecule has 1 N–H and O–H groups in total. The van der Waals surface area contributed by atoms with E-state index in [0.717, 1.165) is 0 Å². The predicted octanol–water partition coefficient (Wildman–Crippen LogP) is 3.22. The van der Waals surface area contributed by atoms with E-state index in [0.29, 0.717) is 42.1 Å². The first kappa shape index (κ1) is 26.7. The molecule has 206 valence electrons. The summed E-state index contributed by atoms with van der Waals surface area (Å²) in [6.07, 6.45) is 8.41. The monoisotopic (exact) mass is 598 g/mol. The number of benzene rings is 1. The summed E-state index contributed by atoms with van der Waals surface area (Å²) < 4.78 is 29.4. The van der Waals surface area contributed by atoms with Gasteiger partial charge < -0.3 is 14.8 Å². The van der Waals surface area contributed by atoms with Crippen LogP contribution >= 0.6 is 23.2 Å². The predicted molar refractivity (Wildman–Crippen MR) is 146 cm³/mol. The molecule has 2 aliphatic carbocycles. The number of nitrogens with zero attached hydrogens (tertiary/aromatic N) is 5. The quantitative estimate of drug-likeness (QED) is 0.412. The number of rotatable bonds is 7. The lowest BCUT2D eigenvalue weighted by Crippen LogP contribution is -2.51. The summed E-state index contributed by atoms with van der Waals surface area (Å²) in [5.41, 5.74) is -0.556. The van der Waals surface area contributed by atoms with Crippen LogP contribution in [0.1, 0.15) is 37.7 Å². The number of hydrogen-bond acceptors (Lipinski definition) is 7. The molecule has 40 heavy (non-hydrogen) atoms. The van der Waals surface area contributed by atoms with E-state index in [1.54, 1.807) is 47.7 Å². The minimum absolute atomic E-state index is 0.0318. The fourth-order valence-corrected chi connectivity index (χ4v) is 7.71. The molecule has 3 heterocycles. The average molecular weight is 599 g/mol. The van der Waals surface area contributed by atoms with Gasteiger partial charge in [0.05, 0.1) is 33.0 Å². The lowest BCUT2D eigenvalue weighted by Gasteiger charge is -2.29. The maximum Gasteiger partial charge on any atom is 0.244 e. The molecule has 0 radical (unpaired) electrons. The summed E-state index contributed by atoms with van der Waals surface area (Å²) in [7, 11) is -4.04. The van der Waals surface area contributed by atoms with Crippen LogP contribution in [-0.2, 0) is 24.8 Å². The van der Waals surface area contributed by atoms with Crippen molar-refractivity contribution in [3.8, 4) is 11.8 Å². The second-order valence-electron chi connectivity index (χ2n) is 10.6. The number of likely N-dealkylation sites (tertiary alicyclic amines) is 1. The fraction of sp³-hybridized carbons (Fsp3) is 0.370. The van der Waals surface area contributed by atoms with E-state index in [4.69, 9.17) is 23.2 Å². The first-order valence-corrected chi connectivity index (χ1v) is 15.1. The van der Waals surface area contributed by atoms with Gasteiger partial charge in [-0.3, -0.25) is 9.59 Å². The summed E-state index contributed by atoms with van der Waals surface area (Å²) in [6, 6.07) is 8.99. The van der Waals surface area contributed by atoms with E-state index in [-0.39, 0.29) is 28.8 Å². The van der Waals surface area contributed by atoms with Crippen LogP contribution in [0.3, 0.4) is 0 Å². The molecule has 3 aliphatic rings. The number of carbonyl (C=O) groups is 2. The number of aromatic nitrogens is 3. The van der Waals surface area contributed by atoms with Crippen LogP contribution in [0.5, 0.6) is 0 Å². The second kappa shape index (κ2) is 9.58. The van der Waals surface area contributed by atoms with Crippen LogP contribution < -0.4 is 5.32 Å². The van der Waals surface area contributed by atoms with E-state index in [2.05, 4.69) is 21.4 Å². The third-order valence-electron chi connectivity index (χ3n) is 8.06. The van der Waals surface area contributed by atoms with Crippen LogP contribution in [0.15, 0.2) is 60.1 Å². The van der Waals surface area contributed by atoms with Crippen molar-refractivity contribution < 1.29 is 18.0 Å². The Morgan fingerprint density at radius 2 is 1.90 bits per heavy atom. The Bertz CT molecular complexity index is 1640. The lowest BCUT2D eigenvalue weighted by atomic mass is 9.95. The number of pyridine rings is 1. The maximum absolute atomic E-state index is 14.0. The van der Waals surface area contributed by atoms with Crippen molar-refractivity contribution in [1.29, 1.82) is 5.26 Å². The lowest BCUT2D eigenvalue weighted by molar-refractivity contribution is -0.140. The molecule has 2 atom stereocenters. The summed E-state index contributed by atoms with van der Waals surface area (Å²) in [6.45, 7) is -0.179. The van der Waals surface area contributed by atoms with E-state index < -0.39 is 38.0 Å². The van der Waals surface area contributed by atoms with Gasteiger partial charge in [-0.05, 0) is 61.9 Å². The SMILES string of the molecule is N#CC1(NC(=O)[C@@H]2CC(S(=O)(=O)c3ccc(-n4ccnc4)cc3Cl)CN2C(=O)C2(c3ccc(Cl)nc3)CC2)CC1. The molecule has 10 nitrogen and oxygen atoms in total. The van der Waals surface area contributed by atoms with Gasteiger partial charge in [-0.15, -0.1) is 0 Å². The van der Waals surface area contributed by atoms with Gasteiger partial charge >= 0.3 is 0 Å². The third kappa shape index (κ3) is 4.54. The molecule has 3 aromatic rings. The molecule has 2 amide bonds. The number of amides is 2. The molecule has 1 unspecified atom stereocenters. The summed E-state index contributed by atoms with van der Waals surface area (Å²) in [5.74, 6) is -0.866. The highest BCUT2D eigenvalue weighted by molar-refractivity contribution is 7.92. The van der Waals surface area contributed by atoms with Crippen LogP contribution in [0.25, 0.3) is 5.69 Å². The number of imidazole rings is 1. The largest absolute Gasteiger partial charge is 0.336 e. The Balaban J connectivity index is 1.32. The van der Waals surface area contributed by atoms with Crippen molar-refractivity contribution in [2.45, 2.75) is 59.2 Å². The average Bonchev–Trinajstić information content (AvgIpc) is 3.78. The molecule has 6 rings (SSSR count). The van der Waals surface area contributed by atoms with Crippen molar-refractivity contribution in [2.75, 3.05) is 6.54 Å². The normalized spacial score (nSPS) is 22.4. The number of carbonyl (C=O) groups excluding carboxylic acids is 2. The Kier molecular flexibility index (Phi) is 6.40. The molecule has 2 aromatic heterocycles. The molecule has 0 spiro atoms. The fourth-order valence-electron chi connectivity index (χ4n) is 5.36. The highest BCUT2D eigenvalue weighted by atomic mass is 35.5. The van der Waals surface area contributed by atoms with E-state index in [1.807, 2.05) is 0 Å². The van der Waals surface area contributed by atoms with E-state index in [9.17, 15) is 23.3 Å². The molecule has 0 bridgehead atoms. The highest BCUT2D eigenvalue weighted by Crippen LogP contribution is 2.51. The van der Waals surface area contributed by atoms with E-state index in [1.165, 1.54) is 17.0 Å². The van der Waals surface area contributed by atoms with Gasteiger partial charge in [-0.2, -0.15) is 5.26 Å². The second-order valence-corrected chi connectivity index (χ2v) is 13.6. The van der Waals surface area contributed by atoms with Crippen LogP contribution in [0, 0.1) is 11.3 Å². The van der Waals surface area contributed by atoms with Gasteiger partial charge in [0.15, 0.2) is 9.84 Å².